The van der Waals surface area contributed by atoms with E-state index in [4.69, 9.17) is 0 Å². The van der Waals surface area contributed by atoms with Crippen LogP contribution in [0.2, 0.25) is 0 Å². The second-order valence-electron chi connectivity index (χ2n) is 4.89. The third-order valence-electron chi connectivity index (χ3n) is 2.54. The van der Waals surface area contributed by atoms with Crippen LogP contribution in [0.25, 0.3) is 5.57 Å². The highest BCUT2D eigenvalue weighted by atomic mass is 16.3. The second kappa shape index (κ2) is 5.86. The van der Waals surface area contributed by atoms with Crippen molar-refractivity contribution in [2.45, 2.75) is 40.2 Å². The summed E-state index contributed by atoms with van der Waals surface area (Å²) in [5.41, 5.74) is 3.70. The molecule has 1 unspecified atom stereocenters. The van der Waals surface area contributed by atoms with Crippen LogP contribution in [0, 0.1) is 5.92 Å². The third-order valence-corrected chi connectivity index (χ3v) is 2.54. The summed E-state index contributed by atoms with van der Waals surface area (Å²) in [5.74, 6) is 0.694. The fraction of sp³-hybridized carbons (Fsp3) is 0.467. The minimum Gasteiger partial charge on any atom is -0.389 e. The van der Waals surface area contributed by atoms with Gasteiger partial charge in [-0.05, 0) is 42.9 Å². The van der Waals surface area contributed by atoms with Crippen LogP contribution in [0.5, 0.6) is 0 Å². The summed E-state index contributed by atoms with van der Waals surface area (Å²) in [6.07, 6.45) is 2.62. The van der Waals surface area contributed by atoms with E-state index in [1.807, 2.05) is 13.0 Å². The van der Waals surface area contributed by atoms with Crippen molar-refractivity contribution in [1.29, 1.82) is 0 Å². The van der Waals surface area contributed by atoms with Gasteiger partial charge < -0.3 is 5.11 Å². The molecule has 0 radical (unpaired) electrons. The predicted octanol–water partition coefficient (Wildman–Crippen LogP) is 3.67. The van der Waals surface area contributed by atoms with Crippen LogP contribution in [-0.2, 0) is 6.42 Å². The van der Waals surface area contributed by atoms with Gasteiger partial charge in [-0.15, -0.1) is 0 Å². The Bertz CT molecular complexity index is 344. The van der Waals surface area contributed by atoms with Gasteiger partial charge in [-0.1, -0.05) is 44.2 Å². The van der Waals surface area contributed by atoms with Crippen molar-refractivity contribution in [1.82, 2.24) is 0 Å². The molecule has 0 aliphatic rings. The maximum Gasteiger partial charge on any atom is 0.0698 e. The number of rotatable bonds is 4. The van der Waals surface area contributed by atoms with Crippen LogP contribution in [0.1, 0.15) is 38.8 Å². The minimum absolute atomic E-state index is 0.379. The van der Waals surface area contributed by atoms with Crippen molar-refractivity contribution in [2.24, 2.45) is 5.92 Å². The Kier molecular flexibility index (Phi) is 4.75. The molecule has 1 rings (SSSR count). The topological polar surface area (TPSA) is 20.2 Å². The summed E-state index contributed by atoms with van der Waals surface area (Å²) < 4.78 is 0. The van der Waals surface area contributed by atoms with Gasteiger partial charge >= 0.3 is 0 Å². The van der Waals surface area contributed by atoms with Gasteiger partial charge in [0, 0.05) is 0 Å². The molecule has 1 nitrogen and oxygen atoms in total. The molecule has 0 fully saturated rings. The van der Waals surface area contributed by atoms with Crippen molar-refractivity contribution in [2.75, 3.05) is 0 Å². The zero-order chi connectivity index (χ0) is 12.1. The van der Waals surface area contributed by atoms with Crippen LogP contribution in [-0.4, -0.2) is 11.2 Å². The molecule has 1 heteroatoms. The number of hydrogen-bond donors (Lipinski definition) is 1. The molecule has 1 N–H and O–H groups in total. The summed E-state index contributed by atoms with van der Waals surface area (Å²) in [7, 11) is 0. The number of hydrogen-bond acceptors (Lipinski definition) is 1. The number of aliphatic hydroxyl groups excluding tert-OH is 1. The Balaban J connectivity index is 2.78. The molecule has 1 atom stereocenters. The lowest BCUT2D eigenvalue weighted by Gasteiger charge is -2.07. The predicted molar refractivity (Wildman–Crippen MR) is 70.3 cm³/mol. The highest BCUT2D eigenvalue weighted by molar-refractivity contribution is 5.64. The van der Waals surface area contributed by atoms with Crippen LogP contribution >= 0.6 is 0 Å². The molecule has 0 bridgehead atoms. The first-order valence-electron chi connectivity index (χ1n) is 5.95. The maximum atomic E-state index is 9.28. The van der Waals surface area contributed by atoms with E-state index in [0.717, 1.165) is 12.0 Å². The number of aliphatic hydroxyl groups is 1. The lowest BCUT2D eigenvalue weighted by atomic mass is 9.99. The van der Waals surface area contributed by atoms with E-state index in [1.165, 1.54) is 11.1 Å². The monoisotopic (exact) mass is 218 g/mol. The first kappa shape index (κ1) is 13.0. The van der Waals surface area contributed by atoms with E-state index in [1.54, 1.807) is 6.92 Å². The van der Waals surface area contributed by atoms with Gasteiger partial charge in [-0.2, -0.15) is 0 Å². The molecule has 0 amide bonds. The molecule has 0 heterocycles. The molecular weight excluding hydrogens is 196 g/mol. The Morgan fingerprint density at radius 1 is 1.19 bits per heavy atom. The van der Waals surface area contributed by atoms with E-state index in [9.17, 15) is 5.11 Å². The molecule has 0 aromatic heterocycles. The van der Waals surface area contributed by atoms with Crippen molar-refractivity contribution < 1.29 is 5.11 Å². The van der Waals surface area contributed by atoms with E-state index in [0.29, 0.717) is 5.92 Å². The van der Waals surface area contributed by atoms with E-state index in [-0.39, 0.29) is 6.10 Å². The smallest absolute Gasteiger partial charge is 0.0698 e. The number of allylic oxidation sites excluding steroid dienone is 1. The van der Waals surface area contributed by atoms with Crippen LogP contribution in [0.3, 0.4) is 0 Å². The lowest BCUT2D eigenvalue weighted by Crippen LogP contribution is -1.96. The van der Waals surface area contributed by atoms with Crippen molar-refractivity contribution in [3.63, 3.8) is 0 Å². The normalized spacial score (nSPS) is 14.2. The van der Waals surface area contributed by atoms with Crippen molar-refractivity contribution >= 4 is 5.57 Å². The molecule has 0 saturated carbocycles. The van der Waals surface area contributed by atoms with E-state index in [2.05, 4.69) is 38.1 Å². The molecule has 88 valence electrons. The standard InChI is InChI=1S/C15H22O/c1-11(2)9-14-5-7-15(8-6-14)12(3)10-13(4)16/h5-8,10-11,13,16H,9H2,1-4H3. The fourth-order valence-corrected chi connectivity index (χ4v) is 1.83. The Hall–Kier alpha value is -1.08. The molecule has 0 spiro atoms. The Morgan fingerprint density at radius 2 is 1.75 bits per heavy atom. The number of benzene rings is 1. The van der Waals surface area contributed by atoms with E-state index < -0.39 is 0 Å². The SMILES string of the molecule is CC(=CC(C)O)c1ccc(CC(C)C)cc1. The van der Waals surface area contributed by atoms with Crippen molar-refractivity contribution in [3.05, 3.63) is 41.5 Å². The summed E-state index contributed by atoms with van der Waals surface area (Å²) >= 11 is 0. The average molecular weight is 218 g/mol. The molecule has 0 aliphatic heterocycles. The van der Waals surface area contributed by atoms with Gasteiger partial charge in [0.2, 0.25) is 0 Å². The fourth-order valence-electron chi connectivity index (χ4n) is 1.83. The zero-order valence-corrected chi connectivity index (χ0v) is 10.7. The molecule has 0 saturated heterocycles. The molecule has 0 aliphatic carbocycles. The Labute approximate surface area is 98.8 Å². The first-order valence-corrected chi connectivity index (χ1v) is 5.95. The van der Waals surface area contributed by atoms with Gasteiger partial charge in [-0.25, -0.2) is 0 Å². The Morgan fingerprint density at radius 3 is 2.19 bits per heavy atom. The first-order chi connectivity index (χ1) is 7.49. The van der Waals surface area contributed by atoms with Gasteiger partial charge in [0.05, 0.1) is 6.10 Å². The quantitative estimate of drug-likeness (QED) is 0.817. The zero-order valence-electron chi connectivity index (χ0n) is 10.7. The molecule has 16 heavy (non-hydrogen) atoms. The maximum absolute atomic E-state index is 9.28. The van der Waals surface area contributed by atoms with Gasteiger partial charge in [-0.3, -0.25) is 0 Å². The highest BCUT2D eigenvalue weighted by Gasteiger charge is 2.00. The van der Waals surface area contributed by atoms with Crippen LogP contribution in [0.4, 0.5) is 0 Å². The summed E-state index contributed by atoms with van der Waals surface area (Å²) in [6, 6.07) is 8.61. The van der Waals surface area contributed by atoms with Gasteiger partial charge in [0.1, 0.15) is 0 Å². The summed E-state index contributed by atoms with van der Waals surface area (Å²) in [6.45, 7) is 8.26. The minimum atomic E-state index is -0.379. The second-order valence-corrected chi connectivity index (χ2v) is 4.89. The molecule has 1 aromatic rings. The summed E-state index contributed by atoms with van der Waals surface area (Å²) in [4.78, 5) is 0. The average Bonchev–Trinajstić information content (AvgIpc) is 2.16. The molecule has 1 aromatic carbocycles. The molecular formula is C15H22O. The van der Waals surface area contributed by atoms with Gasteiger partial charge in [0.15, 0.2) is 0 Å². The largest absolute Gasteiger partial charge is 0.389 e. The third kappa shape index (κ3) is 4.19. The van der Waals surface area contributed by atoms with E-state index >= 15 is 0 Å². The van der Waals surface area contributed by atoms with Crippen molar-refractivity contribution in [3.8, 4) is 0 Å². The summed E-state index contributed by atoms with van der Waals surface area (Å²) in [5, 5.41) is 9.28. The lowest BCUT2D eigenvalue weighted by molar-refractivity contribution is 0.244. The van der Waals surface area contributed by atoms with Crippen LogP contribution < -0.4 is 0 Å². The van der Waals surface area contributed by atoms with Gasteiger partial charge in [0.25, 0.3) is 0 Å². The van der Waals surface area contributed by atoms with Crippen LogP contribution in [0.15, 0.2) is 30.3 Å². The highest BCUT2D eigenvalue weighted by Crippen LogP contribution is 2.16.